The van der Waals surface area contributed by atoms with Crippen molar-refractivity contribution in [3.63, 3.8) is 0 Å². The molecule has 1 amide bonds. The number of carbonyl (C=O) groups is 1. The molecule has 1 fully saturated rings. The summed E-state index contributed by atoms with van der Waals surface area (Å²) < 4.78 is 0. The molecule has 128 valence electrons. The lowest BCUT2D eigenvalue weighted by Gasteiger charge is -2.33. The Hall–Kier alpha value is -1.39. The molecular weight excluding hydrogens is 288 g/mol. The minimum atomic E-state index is -0.222. The van der Waals surface area contributed by atoms with Crippen molar-refractivity contribution in [3.05, 3.63) is 29.3 Å². The van der Waals surface area contributed by atoms with E-state index in [1.807, 2.05) is 46.0 Å². The molecule has 3 unspecified atom stereocenters. The molecule has 0 heterocycles. The molecule has 3 atom stereocenters. The molecule has 4 nitrogen and oxygen atoms in total. The zero-order chi connectivity index (χ0) is 17.0. The van der Waals surface area contributed by atoms with Crippen LogP contribution in [0.4, 0.5) is 5.69 Å². The minimum Gasteiger partial charge on any atom is -0.393 e. The van der Waals surface area contributed by atoms with Crippen LogP contribution in [0.15, 0.2) is 18.2 Å². The summed E-state index contributed by atoms with van der Waals surface area (Å²) >= 11 is 0. The highest BCUT2D eigenvalue weighted by molar-refractivity contribution is 5.95. The highest BCUT2D eigenvalue weighted by atomic mass is 16.3. The van der Waals surface area contributed by atoms with Gasteiger partial charge in [0, 0.05) is 12.2 Å². The fourth-order valence-electron chi connectivity index (χ4n) is 3.37. The number of anilines is 1. The zero-order valence-corrected chi connectivity index (χ0v) is 14.8. The van der Waals surface area contributed by atoms with Crippen molar-refractivity contribution in [2.45, 2.75) is 58.6 Å². The molecule has 0 spiro atoms. The molecule has 0 saturated heterocycles. The van der Waals surface area contributed by atoms with Crippen molar-refractivity contribution in [1.82, 2.24) is 4.90 Å². The van der Waals surface area contributed by atoms with Crippen molar-refractivity contribution in [2.24, 2.45) is 5.92 Å². The third kappa shape index (κ3) is 4.55. The molecule has 1 saturated carbocycles. The van der Waals surface area contributed by atoms with E-state index in [2.05, 4.69) is 10.2 Å². The fourth-order valence-corrected chi connectivity index (χ4v) is 3.37. The van der Waals surface area contributed by atoms with Crippen LogP contribution in [0.1, 0.15) is 43.7 Å². The van der Waals surface area contributed by atoms with E-state index in [0.717, 1.165) is 42.6 Å². The summed E-state index contributed by atoms with van der Waals surface area (Å²) in [6.45, 7) is 6.71. The molecule has 1 aromatic rings. The summed E-state index contributed by atoms with van der Waals surface area (Å²) in [5, 5.41) is 13.2. The molecular formula is C19H30N2O2. The van der Waals surface area contributed by atoms with E-state index in [0.29, 0.717) is 0 Å². The van der Waals surface area contributed by atoms with E-state index >= 15 is 0 Å². The fraction of sp³-hybridized carbons (Fsp3) is 0.632. The summed E-state index contributed by atoms with van der Waals surface area (Å²) in [6, 6.07) is 5.80. The molecule has 0 aliphatic heterocycles. The number of aliphatic hydroxyl groups excluding tert-OH is 1. The Morgan fingerprint density at radius 1 is 1.30 bits per heavy atom. The van der Waals surface area contributed by atoms with E-state index in [4.69, 9.17) is 0 Å². The molecule has 4 heteroatoms. The maximum absolute atomic E-state index is 12.6. The van der Waals surface area contributed by atoms with Crippen LogP contribution in [0, 0.1) is 19.8 Å². The van der Waals surface area contributed by atoms with Gasteiger partial charge in [0.1, 0.15) is 0 Å². The first-order chi connectivity index (χ1) is 10.9. The third-order valence-electron chi connectivity index (χ3n) is 5.16. The highest BCUT2D eigenvalue weighted by Gasteiger charge is 2.27. The number of carbonyl (C=O) groups excluding carboxylic acids is 1. The summed E-state index contributed by atoms with van der Waals surface area (Å²) in [6.07, 6.45) is 4.01. The molecule has 2 N–H and O–H groups in total. The molecule has 0 bridgehead atoms. The van der Waals surface area contributed by atoms with Gasteiger partial charge in [0.2, 0.25) is 5.91 Å². The number of hydrogen-bond donors (Lipinski definition) is 2. The van der Waals surface area contributed by atoms with Crippen LogP contribution in [-0.2, 0) is 4.79 Å². The summed E-state index contributed by atoms with van der Waals surface area (Å²) in [5.41, 5.74) is 3.07. The smallest absolute Gasteiger partial charge is 0.241 e. The average molecular weight is 318 g/mol. The standard InChI is InChI=1S/C19H30N2O2/c1-13-8-7-9-14(2)18(13)20-19(23)15(3)21(4)12-16-10-5-6-11-17(16)22/h7-9,15-17,22H,5-6,10-12H2,1-4H3,(H,20,23). The van der Waals surface area contributed by atoms with Gasteiger partial charge in [-0.3, -0.25) is 9.69 Å². The second-order valence-corrected chi connectivity index (χ2v) is 6.98. The van der Waals surface area contributed by atoms with Gasteiger partial charge in [-0.2, -0.15) is 0 Å². The van der Waals surface area contributed by atoms with Crippen LogP contribution in [-0.4, -0.2) is 41.7 Å². The predicted octanol–water partition coefficient (Wildman–Crippen LogP) is 3.11. The quantitative estimate of drug-likeness (QED) is 0.877. The second kappa shape index (κ2) is 7.93. The largest absolute Gasteiger partial charge is 0.393 e. The van der Waals surface area contributed by atoms with E-state index in [1.54, 1.807) is 0 Å². The summed E-state index contributed by atoms with van der Waals surface area (Å²) in [4.78, 5) is 14.6. The molecule has 1 aromatic carbocycles. The lowest BCUT2D eigenvalue weighted by atomic mass is 9.86. The van der Waals surface area contributed by atoms with Crippen LogP contribution >= 0.6 is 0 Å². The molecule has 1 aliphatic rings. The van der Waals surface area contributed by atoms with Gasteiger partial charge in [0.05, 0.1) is 12.1 Å². The molecule has 0 radical (unpaired) electrons. The predicted molar refractivity (Wildman–Crippen MR) is 94.6 cm³/mol. The van der Waals surface area contributed by atoms with Crippen molar-refractivity contribution in [2.75, 3.05) is 18.9 Å². The number of nitrogens with one attached hydrogen (secondary N) is 1. The summed E-state index contributed by atoms with van der Waals surface area (Å²) in [7, 11) is 1.97. The minimum absolute atomic E-state index is 0.00944. The maximum atomic E-state index is 12.6. The number of rotatable bonds is 5. The van der Waals surface area contributed by atoms with Gasteiger partial charge in [-0.15, -0.1) is 0 Å². The first-order valence-corrected chi connectivity index (χ1v) is 8.65. The Kier molecular flexibility index (Phi) is 6.19. The first kappa shape index (κ1) is 18.0. The topological polar surface area (TPSA) is 52.6 Å². The van der Waals surface area contributed by atoms with Gasteiger partial charge >= 0.3 is 0 Å². The normalized spacial score (nSPS) is 22.9. The molecule has 1 aliphatic carbocycles. The van der Waals surface area contributed by atoms with E-state index < -0.39 is 0 Å². The number of nitrogens with zero attached hydrogens (tertiary/aromatic N) is 1. The number of amides is 1. The highest BCUT2D eigenvalue weighted by Crippen LogP contribution is 2.25. The number of aryl methyl sites for hydroxylation is 2. The monoisotopic (exact) mass is 318 g/mol. The van der Waals surface area contributed by atoms with Crippen molar-refractivity contribution >= 4 is 11.6 Å². The third-order valence-corrected chi connectivity index (χ3v) is 5.16. The Bertz CT molecular complexity index is 524. The number of para-hydroxylation sites is 1. The van der Waals surface area contributed by atoms with Gasteiger partial charge < -0.3 is 10.4 Å². The number of benzene rings is 1. The SMILES string of the molecule is Cc1cccc(C)c1NC(=O)C(C)N(C)CC1CCCCC1O. The van der Waals surface area contributed by atoms with Crippen LogP contribution in [0.5, 0.6) is 0 Å². The molecule has 23 heavy (non-hydrogen) atoms. The Morgan fingerprint density at radius 3 is 2.52 bits per heavy atom. The van der Waals surface area contributed by atoms with E-state index in [-0.39, 0.29) is 24.0 Å². The lowest BCUT2D eigenvalue weighted by molar-refractivity contribution is -0.120. The molecule has 0 aromatic heterocycles. The van der Waals surface area contributed by atoms with Crippen LogP contribution in [0.3, 0.4) is 0 Å². The number of aliphatic hydroxyl groups is 1. The van der Waals surface area contributed by atoms with Gasteiger partial charge in [0.25, 0.3) is 0 Å². The Morgan fingerprint density at radius 2 is 1.91 bits per heavy atom. The Labute approximate surface area is 139 Å². The zero-order valence-electron chi connectivity index (χ0n) is 14.8. The first-order valence-electron chi connectivity index (χ1n) is 8.65. The van der Waals surface area contributed by atoms with Crippen molar-refractivity contribution in [3.8, 4) is 0 Å². The maximum Gasteiger partial charge on any atom is 0.241 e. The van der Waals surface area contributed by atoms with Crippen LogP contribution < -0.4 is 5.32 Å². The van der Waals surface area contributed by atoms with E-state index in [9.17, 15) is 9.90 Å². The Balaban J connectivity index is 1.96. The van der Waals surface area contributed by atoms with Crippen LogP contribution in [0.25, 0.3) is 0 Å². The van der Waals surface area contributed by atoms with Crippen molar-refractivity contribution < 1.29 is 9.90 Å². The summed E-state index contributed by atoms with van der Waals surface area (Å²) in [5.74, 6) is 0.291. The second-order valence-electron chi connectivity index (χ2n) is 6.98. The molecule has 2 rings (SSSR count). The van der Waals surface area contributed by atoms with Gasteiger partial charge in [-0.25, -0.2) is 0 Å². The average Bonchev–Trinajstić information content (AvgIpc) is 2.52. The van der Waals surface area contributed by atoms with E-state index in [1.165, 1.54) is 6.42 Å². The van der Waals surface area contributed by atoms with Crippen molar-refractivity contribution in [1.29, 1.82) is 0 Å². The number of hydrogen-bond acceptors (Lipinski definition) is 3. The number of likely N-dealkylation sites (N-methyl/N-ethyl adjacent to an activating group) is 1. The van der Waals surface area contributed by atoms with Gasteiger partial charge in [-0.05, 0) is 57.7 Å². The van der Waals surface area contributed by atoms with Gasteiger partial charge in [0.15, 0.2) is 0 Å². The van der Waals surface area contributed by atoms with Crippen LogP contribution in [0.2, 0.25) is 0 Å². The van der Waals surface area contributed by atoms with Gasteiger partial charge in [-0.1, -0.05) is 31.0 Å². The lowest BCUT2D eigenvalue weighted by Crippen LogP contribution is -2.44.